The number of anilines is 1. The van der Waals surface area contributed by atoms with Gasteiger partial charge in [0, 0.05) is 45.5 Å². The molecule has 2 aliphatic heterocycles. The number of hydrogen-bond acceptors (Lipinski definition) is 5. The topological polar surface area (TPSA) is 62.3 Å². The second-order valence-electron chi connectivity index (χ2n) is 7.07. The van der Waals surface area contributed by atoms with E-state index in [0.717, 1.165) is 24.3 Å². The van der Waals surface area contributed by atoms with Crippen molar-refractivity contribution >= 4 is 15.9 Å². The van der Waals surface area contributed by atoms with Crippen LogP contribution in [0.3, 0.4) is 0 Å². The van der Waals surface area contributed by atoms with Gasteiger partial charge in [-0.05, 0) is 25.5 Å². The third-order valence-electron chi connectivity index (χ3n) is 4.84. The predicted octanol–water partition coefficient (Wildman–Crippen LogP) is 1.31. The maximum atomic E-state index is 13.0. The summed E-state index contributed by atoms with van der Waals surface area (Å²) in [6, 6.07) is 8.01. The standard InChI is InChI=1S/C18H29N3O4S/c1-15-12-21(13-16(2)25-15)26(22,23)19(3)14-17-6-4-5-7-18(17)20-8-10-24-11-9-20/h4-7,15-16H,8-14H2,1-3H3/t15-,16-/m1/s1. The molecule has 3 rings (SSSR count). The summed E-state index contributed by atoms with van der Waals surface area (Å²) in [5, 5.41) is 0. The largest absolute Gasteiger partial charge is 0.378 e. The van der Waals surface area contributed by atoms with E-state index in [9.17, 15) is 8.42 Å². The van der Waals surface area contributed by atoms with Crippen LogP contribution in [0.2, 0.25) is 0 Å². The molecule has 0 unspecified atom stereocenters. The molecule has 8 heteroatoms. The number of benzene rings is 1. The van der Waals surface area contributed by atoms with Gasteiger partial charge in [-0.3, -0.25) is 0 Å². The van der Waals surface area contributed by atoms with Crippen molar-refractivity contribution in [3.63, 3.8) is 0 Å². The van der Waals surface area contributed by atoms with Crippen molar-refractivity contribution < 1.29 is 17.9 Å². The molecule has 1 aromatic carbocycles. The first kappa shape index (κ1) is 19.6. The SMILES string of the molecule is C[C@@H]1CN(S(=O)(=O)N(C)Cc2ccccc2N2CCOCC2)C[C@@H](C)O1. The van der Waals surface area contributed by atoms with Crippen LogP contribution in [0.5, 0.6) is 0 Å². The molecule has 2 saturated heterocycles. The first-order valence-corrected chi connectivity index (χ1v) is 10.5. The Balaban J connectivity index is 1.76. The first-order valence-electron chi connectivity index (χ1n) is 9.15. The van der Waals surface area contributed by atoms with Gasteiger partial charge in [0.05, 0.1) is 25.4 Å². The lowest BCUT2D eigenvalue weighted by molar-refractivity contribution is -0.0453. The van der Waals surface area contributed by atoms with E-state index < -0.39 is 10.2 Å². The normalized spacial score (nSPS) is 25.6. The van der Waals surface area contributed by atoms with Gasteiger partial charge in [0.2, 0.25) is 0 Å². The number of morpholine rings is 2. The molecule has 2 atom stereocenters. The molecule has 0 aromatic heterocycles. The Bertz CT molecular complexity index is 696. The lowest BCUT2D eigenvalue weighted by Crippen LogP contribution is -2.52. The fourth-order valence-corrected chi connectivity index (χ4v) is 5.09. The Kier molecular flexibility index (Phi) is 6.19. The van der Waals surface area contributed by atoms with Gasteiger partial charge in [-0.25, -0.2) is 0 Å². The molecule has 0 N–H and O–H groups in total. The Morgan fingerprint density at radius 2 is 1.73 bits per heavy atom. The minimum absolute atomic E-state index is 0.0949. The van der Waals surface area contributed by atoms with Crippen LogP contribution >= 0.6 is 0 Å². The predicted molar refractivity (Wildman–Crippen MR) is 101 cm³/mol. The molecular formula is C18H29N3O4S. The van der Waals surface area contributed by atoms with E-state index in [1.165, 1.54) is 8.61 Å². The van der Waals surface area contributed by atoms with E-state index in [2.05, 4.69) is 11.0 Å². The van der Waals surface area contributed by atoms with Crippen molar-refractivity contribution in [3.05, 3.63) is 29.8 Å². The minimum Gasteiger partial charge on any atom is -0.378 e. The molecule has 0 spiro atoms. The van der Waals surface area contributed by atoms with E-state index in [1.54, 1.807) is 7.05 Å². The molecule has 1 aromatic rings. The fraction of sp³-hybridized carbons (Fsp3) is 0.667. The molecular weight excluding hydrogens is 354 g/mol. The van der Waals surface area contributed by atoms with Gasteiger partial charge in [0.1, 0.15) is 0 Å². The van der Waals surface area contributed by atoms with Crippen molar-refractivity contribution in [2.75, 3.05) is 51.3 Å². The molecule has 2 fully saturated rings. The van der Waals surface area contributed by atoms with E-state index in [1.807, 2.05) is 32.0 Å². The van der Waals surface area contributed by atoms with Crippen molar-refractivity contribution in [1.29, 1.82) is 0 Å². The molecule has 0 amide bonds. The smallest absolute Gasteiger partial charge is 0.282 e. The average molecular weight is 384 g/mol. The van der Waals surface area contributed by atoms with Gasteiger partial charge >= 0.3 is 0 Å². The van der Waals surface area contributed by atoms with Crippen molar-refractivity contribution in [2.45, 2.75) is 32.6 Å². The zero-order valence-corrected chi connectivity index (χ0v) is 16.6. The molecule has 146 valence electrons. The number of nitrogens with zero attached hydrogens (tertiary/aromatic N) is 3. The summed E-state index contributed by atoms with van der Waals surface area (Å²) in [5.41, 5.74) is 2.09. The van der Waals surface area contributed by atoms with Gasteiger partial charge in [-0.2, -0.15) is 17.0 Å². The summed E-state index contributed by atoms with van der Waals surface area (Å²) in [6.07, 6.45) is -0.190. The van der Waals surface area contributed by atoms with Crippen molar-refractivity contribution in [2.24, 2.45) is 0 Å². The van der Waals surface area contributed by atoms with Crippen LogP contribution in [0.4, 0.5) is 5.69 Å². The summed E-state index contributed by atoms with van der Waals surface area (Å²) in [7, 11) is -1.88. The molecule has 7 nitrogen and oxygen atoms in total. The van der Waals surface area contributed by atoms with Gasteiger partial charge in [0.15, 0.2) is 0 Å². The second kappa shape index (κ2) is 8.22. The van der Waals surface area contributed by atoms with Gasteiger partial charge in [-0.15, -0.1) is 0 Å². The van der Waals surface area contributed by atoms with E-state index in [-0.39, 0.29) is 12.2 Å². The zero-order valence-electron chi connectivity index (χ0n) is 15.8. The fourth-order valence-electron chi connectivity index (χ4n) is 3.59. The highest BCUT2D eigenvalue weighted by atomic mass is 32.2. The van der Waals surface area contributed by atoms with Crippen LogP contribution in [-0.2, 0) is 26.2 Å². The van der Waals surface area contributed by atoms with Crippen LogP contribution in [0.25, 0.3) is 0 Å². The Labute approximate surface area is 156 Å². The summed E-state index contributed by atoms with van der Waals surface area (Å²) in [4.78, 5) is 2.26. The van der Waals surface area contributed by atoms with Crippen LogP contribution in [0, 0.1) is 0 Å². The number of para-hydroxylation sites is 1. The van der Waals surface area contributed by atoms with Crippen molar-refractivity contribution in [3.8, 4) is 0 Å². The summed E-state index contributed by atoms with van der Waals surface area (Å²) in [5.74, 6) is 0. The van der Waals surface area contributed by atoms with Crippen LogP contribution in [0.15, 0.2) is 24.3 Å². The van der Waals surface area contributed by atoms with Crippen molar-refractivity contribution in [1.82, 2.24) is 8.61 Å². The maximum Gasteiger partial charge on any atom is 0.282 e. The number of hydrogen-bond donors (Lipinski definition) is 0. The van der Waals surface area contributed by atoms with Crippen LogP contribution in [0.1, 0.15) is 19.4 Å². The van der Waals surface area contributed by atoms with E-state index >= 15 is 0 Å². The van der Waals surface area contributed by atoms with Crippen LogP contribution in [-0.4, -0.2) is 75.7 Å². The second-order valence-corrected chi connectivity index (χ2v) is 9.10. The van der Waals surface area contributed by atoms with Gasteiger partial charge in [0.25, 0.3) is 10.2 Å². The number of ether oxygens (including phenoxy) is 2. The lowest BCUT2D eigenvalue weighted by atomic mass is 10.1. The molecule has 2 heterocycles. The highest BCUT2D eigenvalue weighted by Crippen LogP contribution is 2.25. The quantitative estimate of drug-likeness (QED) is 0.767. The molecule has 0 aliphatic carbocycles. The maximum absolute atomic E-state index is 13.0. The Morgan fingerprint density at radius 3 is 2.38 bits per heavy atom. The summed E-state index contributed by atoms with van der Waals surface area (Å²) in [6.45, 7) is 7.99. The Hall–Kier alpha value is -1.19. The highest BCUT2D eigenvalue weighted by molar-refractivity contribution is 7.86. The van der Waals surface area contributed by atoms with E-state index in [0.29, 0.717) is 32.8 Å². The Morgan fingerprint density at radius 1 is 1.12 bits per heavy atom. The van der Waals surface area contributed by atoms with Gasteiger partial charge < -0.3 is 14.4 Å². The summed E-state index contributed by atoms with van der Waals surface area (Å²) < 4.78 is 40.1. The molecule has 26 heavy (non-hydrogen) atoms. The minimum atomic E-state index is -3.53. The van der Waals surface area contributed by atoms with Gasteiger partial charge in [-0.1, -0.05) is 18.2 Å². The number of rotatable bonds is 5. The molecule has 0 radical (unpaired) electrons. The monoisotopic (exact) mass is 383 g/mol. The molecule has 0 bridgehead atoms. The average Bonchev–Trinajstić information content (AvgIpc) is 2.62. The third-order valence-corrected chi connectivity index (χ3v) is 6.71. The molecule has 2 aliphatic rings. The zero-order chi connectivity index (χ0) is 18.7. The molecule has 0 saturated carbocycles. The highest BCUT2D eigenvalue weighted by Gasteiger charge is 2.34. The lowest BCUT2D eigenvalue weighted by Gasteiger charge is -2.37. The van der Waals surface area contributed by atoms with E-state index in [4.69, 9.17) is 9.47 Å². The van der Waals surface area contributed by atoms with Crippen LogP contribution < -0.4 is 4.90 Å². The first-order chi connectivity index (χ1) is 12.4. The third kappa shape index (κ3) is 4.37. The summed E-state index contributed by atoms with van der Waals surface area (Å²) >= 11 is 0.